The Kier molecular flexibility index (Phi) is 6.42. The number of aromatic hydroxyl groups is 1. The van der Waals surface area contributed by atoms with Crippen molar-refractivity contribution in [1.82, 2.24) is 20.2 Å². The largest absolute Gasteiger partial charge is 0.508 e. The molecule has 0 aliphatic carbocycles. The molecular weight excluding hydrogens is 585 g/mol. The number of nitrogens with one attached hydrogen (secondary N) is 1. The highest BCUT2D eigenvalue weighted by Gasteiger charge is 2.45. The van der Waals surface area contributed by atoms with Gasteiger partial charge in [0.15, 0.2) is 0 Å². The molecule has 1 aromatic heterocycles. The SMILES string of the molecule is Oc1cc(N2CCc3c(nc(OCC45CCCN4CCC5)nc3[C@H]3C[C@H]4CC[C@@H](C3)N4)C2)c2c(Br)c(F)ccc2c1. The first-order chi connectivity index (χ1) is 20.0. The molecule has 0 radical (unpaired) electrons. The lowest BCUT2D eigenvalue weighted by atomic mass is 9.85. The van der Waals surface area contributed by atoms with Crippen molar-refractivity contribution >= 4 is 32.4 Å². The second-order valence-corrected chi connectivity index (χ2v) is 13.7. The number of anilines is 1. The van der Waals surface area contributed by atoms with Crippen molar-refractivity contribution in [3.63, 3.8) is 0 Å². The number of rotatable bonds is 5. The van der Waals surface area contributed by atoms with E-state index in [1.807, 2.05) is 0 Å². The van der Waals surface area contributed by atoms with Crippen molar-refractivity contribution in [1.29, 1.82) is 0 Å². The highest BCUT2D eigenvalue weighted by Crippen LogP contribution is 2.43. The minimum absolute atomic E-state index is 0.135. The molecule has 9 heteroatoms. The van der Waals surface area contributed by atoms with Crippen LogP contribution in [0, 0.1) is 5.82 Å². The molecule has 3 aromatic rings. The molecule has 0 amide bonds. The average Bonchev–Trinajstić information content (AvgIpc) is 3.66. The predicted molar refractivity (Wildman–Crippen MR) is 160 cm³/mol. The molecule has 4 saturated heterocycles. The van der Waals surface area contributed by atoms with Gasteiger partial charge in [-0.1, -0.05) is 6.07 Å². The Labute approximate surface area is 248 Å². The number of phenols is 1. The van der Waals surface area contributed by atoms with E-state index in [-0.39, 0.29) is 17.1 Å². The first kappa shape index (κ1) is 26.2. The third-order valence-electron chi connectivity index (χ3n) is 10.5. The van der Waals surface area contributed by atoms with E-state index in [9.17, 15) is 9.50 Å². The molecule has 0 unspecified atom stereocenters. The van der Waals surface area contributed by atoms with Crippen LogP contribution in [0.4, 0.5) is 10.1 Å². The first-order valence-corrected chi connectivity index (χ1v) is 16.1. The van der Waals surface area contributed by atoms with E-state index in [0.717, 1.165) is 48.0 Å². The number of benzene rings is 2. The van der Waals surface area contributed by atoms with Crippen LogP contribution in [0.2, 0.25) is 0 Å². The summed E-state index contributed by atoms with van der Waals surface area (Å²) in [5.41, 5.74) is 4.39. The first-order valence-electron chi connectivity index (χ1n) is 15.3. The van der Waals surface area contributed by atoms with E-state index in [0.29, 0.717) is 41.6 Å². The molecule has 5 aliphatic heterocycles. The molecule has 4 fully saturated rings. The second-order valence-electron chi connectivity index (χ2n) is 12.9. The van der Waals surface area contributed by atoms with E-state index in [2.05, 4.69) is 31.0 Å². The lowest BCUT2D eigenvalue weighted by Crippen LogP contribution is -2.43. The Bertz CT molecular complexity index is 1500. The second kappa shape index (κ2) is 10.1. The van der Waals surface area contributed by atoms with Crippen molar-refractivity contribution < 1.29 is 14.2 Å². The highest BCUT2D eigenvalue weighted by atomic mass is 79.9. The van der Waals surface area contributed by atoms with Gasteiger partial charge in [0.25, 0.3) is 0 Å². The van der Waals surface area contributed by atoms with Gasteiger partial charge >= 0.3 is 6.01 Å². The maximum Gasteiger partial charge on any atom is 0.316 e. The number of hydrogen-bond donors (Lipinski definition) is 2. The molecule has 2 N–H and O–H groups in total. The van der Waals surface area contributed by atoms with E-state index in [1.54, 1.807) is 18.2 Å². The third kappa shape index (κ3) is 4.50. The molecule has 6 heterocycles. The lowest BCUT2D eigenvalue weighted by Gasteiger charge is -2.35. The van der Waals surface area contributed by atoms with Gasteiger partial charge < -0.3 is 20.1 Å². The number of hydrogen-bond acceptors (Lipinski definition) is 7. The van der Waals surface area contributed by atoms with Crippen LogP contribution in [0.25, 0.3) is 10.8 Å². The fourth-order valence-electron chi connectivity index (χ4n) is 8.59. The summed E-state index contributed by atoms with van der Waals surface area (Å²) in [7, 11) is 0. The number of ether oxygens (including phenoxy) is 1. The molecule has 7 nitrogen and oxygen atoms in total. The number of phenolic OH excluding ortho intramolecular Hbond substituents is 1. The summed E-state index contributed by atoms with van der Waals surface area (Å²) >= 11 is 3.48. The van der Waals surface area contributed by atoms with Gasteiger partial charge in [-0.05, 0) is 110 Å². The zero-order chi connectivity index (χ0) is 27.7. The Morgan fingerprint density at radius 3 is 2.63 bits per heavy atom. The number of fused-ring (bicyclic) bond motifs is 5. The van der Waals surface area contributed by atoms with Gasteiger partial charge in [-0.2, -0.15) is 9.97 Å². The standard InChI is InChI=1S/C32H37BrFN5O2/c33-29-25(34)6-3-19-15-23(40)16-27(28(19)29)38-12-7-24-26(17-38)36-31(41-18-32-8-1-10-39(32)11-2-9-32)37-30(24)20-13-21-4-5-22(14-20)35-21/h3,6,15-16,20-22,35,40H,1-2,4-5,7-14,17-18H2/t20-,21+,22-. The summed E-state index contributed by atoms with van der Waals surface area (Å²) in [5.74, 6) is 0.276. The summed E-state index contributed by atoms with van der Waals surface area (Å²) in [5, 5.41) is 15.9. The van der Waals surface area contributed by atoms with Gasteiger partial charge in [0, 0.05) is 41.7 Å². The minimum Gasteiger partial charge on any atom is -0.508 e. The fraction of sp³-hybridized carbons (Fsp3) is 0.562. The Morgan fingerprint density at radius 2 is 1.85 bits per heavy atom. The summed E-state index contributed by atoms with van der Waals surface area (Å²) < 4.78 is 21.6. The van der Waals surface area contributed by atoms with E-state index < -0.39 is 0 Å². The van der Waals surface area contributed by atoms with Gasteiger partial charge in [0.1, 0.15) is 18.2 Å². The number of aromatic nitrogens is 2. The van der Waals surface area contributed by atoms with Crippen LogP contribution in [0.5, 0.6) is 11.8 Å². The monoisotopic (exact) mass is 621 g/mol. The normalized spacial score (nSPS) is 26.9. The van der Waals surface area contributed by atoms with Crippen molar-refractivity contribution in [2.45, 2.75) is 87.9 Å². The maximum absolute atomic E-state index is 14.6. The van der Waals surface area contributed by atoms with Gasteiger partial charge in [-0.25, -0.2) is 4.39 Å². The Balaban J connectivity index is 1.16. The number of piperidine rings is 1. The smallest absolute Gasteiger partial charge is 0.316 e. The Hall–Kier alpha value is -2.49. The van der Waals surface area contributed by atoms with Crippen LogP contribution < -0.4 is 15.0 Å². The van der Waals surface area contributed by atoms with Gasteiger partial charge in [-0.3, -0.25) is 4.90 Å². The van der Waals surface area contributed by atoms with Crippen molar-refractivity contribution in [3.8, 4) is 11.8 Å². The molecule has 3 atom stereocenters. The highest BCUT2D eigenvalue weighted by molar-refractivity contribution is 9.10. The van der Waals surface area contributed by atoms with Crippen LogP contribution in [0.3, 0.4) is 0 Å². The van der Waals surface area contributed by atoms with Crippen LogP contribution >= 0.6 is 15.9 Å². The number of nitrogens with zero attached hydrogens (tertiary/aromatic N) is 4. The predicted octanol–water partition coefficient (Wildman–Crippen LogP) is 5.80. The molecule has 2 bridgehead atoms. The maximum atomic E-state index is 14.6. The van der Waals surface area contributed by atoms with Crippen LogP contribution in [0.1, 0.15) is 74.2 Å². The molecule has 0 saturated carbocycles. The summed E-state index contributed by atoms with van der Waals surface area (Å²) in [6.07, 6.45) is 10.4. The van der Waals surface area contributed by atoms with E-state index in [4.69, 9.17) is 14.7 Å². The van der Waals surface area contributed by atoms with Crippen molar-refractivity contribution in [2.75, 3.05) is 31.1 Å². The zero-order valence-corrected chi connectivity index (χ0v) is 24.9. The van der Waals surface area contributed by atoms with Gasteiger partial charge in [0.05, 0.1) is 27.9 Å². The van der Waals surface area contributed by atoms with E-state index >= 15 is 0 Å². The van der Waals surface area contributed by atoms with Crippen LogP contribution in [-0.2, 0) is 13.0 Å². The zero-order valence-electron chi connectivity index (χ0n) is 23.3. The van der Waals surface area contributed by atoms with Gasteiger partial charge in [-0.15, -0.1) is 0 Å². The topological polar surface area (TPSA) is 73.8 Å². The van der Waals surface area contributed by atoms with Crippen LogP contribution in [0.15, 0.2) is 28.7 Å². The Morgan fingerprint density at radius 1 is 1.07 bits per heavy atom. The van der Waals surface area contributed by atoms with Crippen LogP contribution in [-0.4, -0.2) is 63.8 Å². The molecule has 8 rings (SSSR count). The molecule has 2 aromatic carbocycles. The molecular formula is C32H37BrFN5O2. The molecule has 5 aliphatic rings. The average molecular weight is 623 g/mol. The summed E-state index contributed by atoms with van der Waals surface area (Å²) in [6, 6.07) is 8.25. The van der Waals surface area contributed by atoms with Crippen molar-refractivity contribution in [2.24, 2.45) is 0 Å². The summed E-state index contributed by atoms with van der Waals surface area (Å²) in [4.78, 5) is 15.1. The molecule has 0 spiro atoms. The molecule has 216 valence electrons. The minimum atomic E-state index is -0.310. The third-order valence-corrected chi connectivity index (χ3v) is 11.3. The summed E-state index contributed by atoms with van der Waals surface area (Å²) in [6.45, 7) is 4.30. The number of halogens is 2. The van der Waals surface area contributed by atoms with Gasteiger partial charge in [0.2, 0.25) is 0 Å². The fourth-order valence-corrected chi connectivity index (χ4v) is 9.16. The van der Waals surface area contributed by atoms with Crippen molar-refractivity contribution in [3.05, 3.63) is 51.5 Å². The van der Waals surface area contributed by atoms with E-state index in [1.165, 1.54) is 68.9 Å². The quantitative estimate of drug-likeness (QED) is 0.373. The molecule has 41 heavy (non-hydrogen) atoms. The lowest BCUT2D eigenvalue weighted by molar-refractivity contribution is 0.107.